The average molecular weight is 346 g/mol. The van der Waals surface area contributed by atoms with Crippen molar-refractivity contribution in [3.8, 4) is 0 Å². The molecule has 2 heterocycles. The molecule has 1 aromatic heterocycles. The van der Waals surface area contributed by atoms with E-state index >= 15 is 0 Å². The second kappa shape index (κ2) is 7.98. The first-order chi connectivity index (χ1) is 11.4. The molecule has 8 heteroatoms. The molecule has 136 valence electrons. The van der Waals surface area contributed by atoms with Crippen molar-refractivity contribution < 1.29 is 18.0 Å². The topological polar surface area (TPSA) is 59.8 Å². The third-order valence-electron chi connectivity index (χ3n) is 4.56. The number of aromatic nitrogens is 3. The maximum absolute atomic E-state index is 12.8. The van der Waals surface area contributed by atoms with Gasteiger partial charge in [-0.1, -0.05) is 26.7 Å². The van der Waals surface area contributed by atoms with Gasteiger partial charge in [0.1, 0.15) is 5.82 Å². The van der Waals surface area contributed by atoms with Gasteiger partial charge in [0.15, 0.2) is 5.82 Å². The third kappa shape index (κ3) is 4.48. The molecule has 1 aromatic rings. The van der Waals surface area contributed by atoms with Gasteiger partial charge in [0.2, 0.25) is 5.91 Å². The first kappa shape index (κ1) is 18.7. The minimum atomic E-state index is -4.20. The molecule has 0 aliphatic carbocycles. The van der Waals surface area contributed by atoms with Gasteiger partial charge in [0.05, 0.1) is 12.5 Å². The highest BCUT2D eigenvalue weighted by molar-refractivity contribution is 5.78. The van der Waals surface area contributed by atoms with Crippen molar-refractivity contribution in [2.45, 2.75) is 71.6 Å². The van der Waals surface area contributed by atoms with Crippen molar-refractivity contribution in [1.29, 1.82) is 0 Å². The Kier molecular flexibility index (Phi) is 6.23. The Hall–Kier alpha value is -1.60. The van der Waals surface area contributed by atoms with Gasteiger partial charge in [-0.25, -0.2) is 0 Å². The molecule has 2 rings (SSSR count). The molecule has 1 atom stereocenters. The molecular formula is C16H25F3N4O. The maximum Gasteiger partial charge on any atom is 0.392 e. The fourth-order valence-corrected chi connectivity index (χ4v) is 3.21. The number of carbonyl (C=O) groups is 1. The van der Waals surface area contributed by atoms with Gasteiger partial charge in [-0.3, -0.25) is 4.79 Å². The van der Waals surface area contributed by atoms with Crippen molar-refractivity contribution in [1.82, 2.24) is 20.1 Å². The lowest BCUT2D eigenvalue weighted by atomic mass is 9.97. The van der Waals surface area contributed by atoms with Crippen molar-refractivity contribution in [3.63, 3.8) is 0 Å². The fraction of sp³-hybridized carbons (Fsp3) is 0.812. The minimum Gasteiger partial charge on any atom is -0.349 e. The Bertz CT molecular complexity index is 550. The SMILES string of the molecule is CCCC(CCC)C(=O)NCc1nnc2n1CCC(C(F)(F)F)C2. The van der Waals surface area contributed by atoms with Gasteiger partial charge in [0.25, 0.3) is 0 Å². The van der Waals surface area contributed by atoms with E-state index in [2.05, 4.69) is 15.5 Å². The lowest BCUT2D eigenvalue weighted by Crippen LogP contribution is -2.34. The van der Waals surface area contributed by atoms with E-state index in [1.807, 2.05) is 13.8 Å². The van der Waals surface area contributed by atoms with E-state index in [-0.39, 0.29) is 37.8 Å². The highest BCUT2D eigenvalue weighted by Crippen LogP contribution is 2.34. The standard InChI is InChI=1S/C16H25F3N4O/c1-3-5-11(6-4-2)15(24)20-10-14-22-21-13-9-12(16(17,18)19)7-8-23(13)14/h11-12H,3-10H2,1-2H3,(H,20,24). The molecule has 1 amide bonds. The van der Waals surface area contributed by atoms with Crippen LogP contribution in [0.1, 0.15) is 57.6 Å². The molecule has 0 spiro atoms. The van der Waals surface area contributed by atoms with Crippen molar-refractivity contribution in [2.24, 2.45) is 11.8 Å². The average Bonchev–Trinajstić information content (AvgIpc) is 2.94. The van der Waals surface area contributed by atoms with Crippen molar-refractivity contribution in [3.05, 3.63) is 11.6 Å². The first-order valence-electron chi connectivity index (χ1n) is 8.62. The summed E-state index contributed by atoms with van der Waals surface area (Å²) >= 11 is 0. The van der Waals surface area contributed by atoms with Crippen LogP contribution >= 0.6 is 0 Å². The fourth-order valence-electron chi connectivity index (χ4n) is 3.21. The molecule has 0 aromatic carbocycles. The van der Waals surface area contributed by atoms with E-state index in [1.165, 1.54) is 0 Å². The Labute approximate surface area is 140 Å². The highest BCUT2D eigenvalue weighted by Gasteiger charge is 2.42. The summed E-state index contributed by atoms with van der Waals surface area (Å²) in [5.41, 5.74) is 0. The number of nitrogens with zero attached hydrogens (tertiary/aromatic N) is 3. The molecule has 5 nitrogen and oxygen atoms in total. The second-order valence-electron chi connectivity index (χ2n) is 6.41. The summed E-state index contributed by atoms with van der Waals surface area (Å²) in [5, 5.41) is 10.7. The Morgan fingerprint density at radius 3 is 2.54 bits per heavy atom. The van der Waals surface area contributed by atoms with E-state index in [0.29, 0.717) is 11.6 Å². The van der Waals surface area contributed by atoms with Gasteiger partial charge in [-0.15, -0.1) is 10.2 Å². The van der Waals surface area contributed by atoms with Gasteiger partial charge in [0, 0.05) is 18.9 Å². The van der Waals surface area contributed by atoms with Crippen LogP contribution < -0.4 is 5.32 Å². The number of fused-ring (bicyclic) bond motifs is 1. The molecule has 0 fully saturated rings. The number of hydrogen-bond donors (Lipinski definition) is 1. The van der Waals surface area contributed by atoms with Crippen LogP contribution in [0.3, 0.4) is 0 Å². The summed E-state index contributed by atoms with van der Waals surface area (Å²) in [4.78, 5) is 12.3. The number of nitrogens with one attached hydrogen (secondary N) is 1. The summed E-state index contributed by atoms with van der Waals surface area (Å²) in [7, 11) is 0. The van der Waals surface area contributed by atoms with Crippen LogP contribution in [0.5, 0.6) is 0 Å². The van der Waals surface area contributed by atoms with Crippen LogP contribution in [0, 0.1) is 11.8 Å². The van der Waals surface area contributed by atoms with Gasteiger partial charge in [-0.2, -0.15) is 13.2 Å². The third-order valence-corrected chi connectivity index (χ3v) is 4.56. The van der Waals surface area contributed by atoms with E-state index in [4.69, 9.17) is 0 Å². The molecule has 1 aliphatic heterocycles. The van der Waals surface area contributed by atoms with Gasteiger partial charge in [-0.05, 0) is 19.3 Å². The normalized spacial score (nSPS) is 17.8. The zero-order chi connectivity index (χ0) is 17.7. The summed E-state index contributed by atoms with van der Waals surface area (Å²) in [6.45, 7) is 4.54. The van der Waals surface area contributed by atoms with E-state index in [9.17, 15) is 18.0 Å². The number of amides is 1. The lowest BCUT2D eigenvalue weighted by molar-refractivity contribution is -0.179. The van der Waals surface area contributed by atoms with E-state index in [1.54, 1.807) is 4.57 Å². The number of hydrogen-bond acceptors (Lipinski definition) is 3. The Balaban J connectivity index is 1.96. The van der Waals surface area contributed by atoms with Crippen LogP contribution in [0.25, 0.3) is 0 Å². The molecule has 1 aliphatic rings. The molecule has 0 saturated heterocycles. The molecule has 24 heavy (non-hydrogen) atoms. The zero-order valence-corrected chi connectivity index (χ0v) is 14.2. The first-order valence-corrected chi connectivity index (χ1v) is 8.62. The molecular weight excluding hydrogens is 321 g/mol. The molecule has 1 N–H and O–H groups in total. The number of alkyl halides is 3. The monoisotopic (exact) mass is 346 g/mol. The maximum atomic E-state index is 12.8. The zero-order valence-electron chi connectivity index (χ0n) is 14.2. The van der Waals surface area contributed by atoms with E-state index in [0.717, 1.165) is 25.7 Å². The smallest absolute Gasteiger partial charge is 0.349 e. The number of rotatable bonds is 7. The predicted molar refractivity (Wildman–Crippen MR) is 83.0 cm³/mol. The lowest BCUT2D eigenvalue weighted by Gasteiger charge is -2.25. The van der Waals surface area contributed by atoms with E-state index < -0.39 is 12.1 Å². The van der Waals surface area contributed by atoms with Crippen LogP contribution in [0.2, 0.25) is 0 Å². The number of carbonyl (C=O) groups excluding carboxylic acids is 1. The molecule has 0 bridgehead atoms. The van der Waals surface area contributed by atoms with Crippen molar-refractivity contribution in [2.75, 3.05) is 0 Å². The summed E-state index contributed by atoms with van der Waals surface area (Å²) in [5.74, 6) is -0.495. The Morgan fingerprint density at radius 2 is 1.96 bits per heavy atom. The highest BCUT2D eigenvalue weighted by atomic mass is 19.4. The molecule has 0 radical (unpaired) electrons. The van der Waals surface area contributed by atoms with Gasteiger partial charge >= 0.3 is 6.18 Å². The molecule has 0 saturated carbocycles. The number of halogens is 3. The predicted octanol–water partition coefficient (Wildman–Crippen LogP) is 3.24. The second-order valence-corrected chi connectivity index (χ2v) is 6.41. The van der Waals surface area contributed by atoms with Crippen molar-refractivity contribution >= 4 is 5.91 Å². The van der Waals surface area contributed by atoms with Crippen LogP contribution in [-0.4, -0.2) is 26.8 Å². The minimum absolute atomic E-state index is 0.0139. The summed E-state index contributed by atoms with van der Waals surface area (Å²) in [6.07, 6.45) is -0.744. The van der Waals surface area contributed by atoms with Crippen LogP contribution in [-0.2, 0) is 24.3 Å². The van der Waals surface area contributed by atoms with Crippen LogP contribution in [0.15, 0.2) is 0 Å². The quantitative estimate of drug-likeness (QED) is 0.824. The molecule has 1 unspecified atom stereocenters. The summed E-state index contributed by atoms with van der Waals surface area (Å²) < 4.78 is 40.2. The Morgan fingerprint density at radius 1 is 1.29 bits per heavy atom. The van der Waals surface area contributed by atoms with Crippen LogP contribution in [0.4, 0.5) is 13.2 Å². The largest absolute Gasteiger partial charge is 0.392 e. The summed E-state index contributed by atoms with van der Waals surface area (Å²) in [6, 6.07) is 0. The van der Waals surface area contributed by atoms with Gasteiger partial charge < -0.3 is 9.88 Å².